The van der Waals surface area contributed by atoms with Gasteiger partial charge in [0, 0.05) is 0 Å². The van der Waals surface area contributed by atoms with E-state index < -0.39 is 0 Å². The molecule has 0 saturated carbocycles. The van der Waals surface area contributed by atoms with Crippen molar-refractivity contribution in [1.82, 2.24) is 0 Å². The Morgan fingerprint density at radius 3 is 0.750 bits per heavy atom. The van der Waals surface area contributed by atoms with Gasteiger partial charge in [-0.15, -0.1) is 0 Å². The molecule has 1 nitrogen and oxygen atoms in total. The molecule has 0 amide bonds. The summed E-state index contributed by atoms with van der Waals surface area (Å²) >= 11 is 0. The summed E-state index contributed by atoms with van der Waals surface area (Å²) in [5.74, 6) is 0. The molecule has 4 heteroatoms. The molecule has 0 rings (SSSR count). The first-order valence-electron chi connectivity index (χ1n) is 0. The maximum absolute atomic E-state index is 0. The molecule has 0 aliphatic heterocycles. The van der Waals surface area contributed by atoms with Crippen LogP contribution in [0.5, 0.6) is 0 Å². The van der Waals surface area contributed by atoms with Gasteiger partial charge in [-0.3, -0.25) is 0 Å². The third-order valence-corrected chi connectivity index (χ3v) is 0. The Labute approximate surface area is 121 Å². The van der Waals surface area contributed by atoms with Crippen LogP contribution in [0.4, 0.5) is 0 Å². The average molecular weight is 435 g/mol. The van der Waals surface area contributed by atoms with E-state index in [2.05, 4.69) is 0 Å². The zero-order chi connectivity index (χ0) is 0. The molecule has 10 valence electrons. The zero-order valence-electron chi connectivity index (χ0n) is 1.99. The maximum Gasteiger partial charge on any atom is 3.00 e. The van der Waals surface area contributed by atoms with Crippen molar-refractivity contribution in [2.24, 2.45) is 0 Å². The van der Waals surface area contributed by atoms with Gasteiger partial charge in [0.15, 0.2) is 0 Å². The van der Waals surface area contributed by atoms with Crippen LogP contribution in [0.2, 0.25) is 0 Å². The van der Waals surface area contributed by atoms with E-state index in [9.17, 15) is 0 Å². The fourth-order valence-electron chi connectivity index (χ4n) is 0. The van der Waals surface area contributed by atoms with Gasteiger partial charge in [0.25, 0.3) is 0 Å². The topological polar surface area (TPSA) is 28.5 Å². The van der Waals surface area contributed by atoms with E-state index in [0.29, 0.717) is 0 Å². The van der Waals surface area contributed by atoms with Crippen LogP contribution in [0.25, 0.3) is 0 Å². The van der Waals surface area contributed by atoms with Gasteiger partial charge < -0.3 is 5.48 Å². The van der Waals surface area contributed by atoms with E-state index in [-0.39, 0.29) is 125 Å². The van der Waals surface area contributed by atoms with E-state index in [1.165, 1.54) is 0 Å². The Balaban J connectivity index is 0. The predicted molar refractivity (Wildman–Crippen MR) is 0.686 cm³/mol. The minimum absolute atomic E-state index is 0. The minimum atomic E-state index is 0. The van der Waals surface area contributed by atoms with E-state index in [0.717, 1.165) is 0 Å². The third kappa shape index (κ3) is 9.32. The minimum Gasteiger partial charge on any atom is -2.00 e. The second-order valence-corrected chi connectivity index (χ2v) is 0. The Kier molecular flexibility index (Phi) is 97.5. The molecule has 2 radical (unpaired) electrons. The first-order chi connectivity index (χ1) is 0. The van der Waals surface area contributed by atoms with Crippen LogP contribution in [0.15, 0.2) is 0 Å². The summed E-state index contributed by atoms with van der Waals surface area (Å²) in [7, 11) is 0. The van der Waals surface area contributed by atoms with Gasteiger partial charge in [0.1, 0.15) is 0 Å². The van der Waals surface area contributed by atoms with E-state index in [4.69, 9.17) is 0 Å². The summed E-state index contributed by atoms with van der Waals surface area (Å²) in [4.78, 5) is 0. The Bertz CT molecular complexity index is 6.00. The van der Waals surface area contributed by atoms with E-state index >= 15 is 0 Å². The second kappa shape index (κ2) is 15.8. The summed E-state index contributed by atoms with van der Waals surface area (Å²) in [5, 5.41) is 0. The molecule has 0 atom stereocenters. The second-order valence-electron chi connectivity index (χ2n) is 0. The molecular weight excluding hydrogens is 435 g/mol. The summed E-state index contributed by atoms with van der Waals surface area (Å²) in [5.41, 5.74) is 0. The molecule has 4 heavy (non-hydrogen) atoms. The number of hydrogen-bond acceptors (Lipinski definition) is 0. The monoisotopic (exact) mass is 435 g/mol. The Morgan fingerprint density at radius 1 is 0.750 bits per heavy atom. The van der Waals surface area contributed by atoms with Crippen molar-refractivity contribution in [1.29, 1.82) is 0 Å². The van der Waals surface area contributed by atoms with Gasteiger partial charge in [-0.05, 0) is 0 Å². The molecule has 0 aromatic rings. The first kappa shape index (κ1) is 24.7. The number of rotatable bonds is 0. The Hall–Kier alpha value is 3.91. The van der Waals surface area contributed by atoms with Gasteiger partial charge in [-0.25, -0.2) is 0 Å². The van der Waals surface area contributed by atoms with Crippen molar-refractivity contribution < 1.29 is 125 Å². The van der Waals surface area contributed by atoms with Crippen LogP contribution in [0.3, 0.4) is 0 Å². The summed E-state index contributed by atoms with van der Waals surface area (Å²) in [6, 6.07) is 0. The van der Waals surface area contributed by atoms with Crippen LogP contribution in [-0.4, -0.2) is 0 Å². The van der Waals surface area contributed by atoms with Crippen molar-refractivity contribution >= 4 is 0 Å². The average Bonchev–Trinajstić information content (AvgIpc) is 0. The molecule has 0 aromatic carbocycles. The standard InChI is InChI=1S/2Ce.La.O/q3*+3;-2. The SMILES string of the molecule is [Ce+3].[Ce+3].[La+3].[O-2]. The van der Waals surface area contributed by atoms with Crippen molar-refractivity contribution in [2.75, 3.05) is 0 Å². The van der Waals surface area contributed by atoms with Crippen molar-refractivity contribution in [3.8, 4) is 0 Å². The molecule has 0 heterocycles. The first-order valence-corrected chi connectivity index (χ1v) is 0. The van der Waals surface area contributed by atoms with E-state index in [1.54, 1.807) is 0 Å². The normalized spacial score (nSPS) is 0. The van der Waals surface area contributed by atoms with Gasteiger partial charge in [-0.2, -0.15) is 0 Å². The fraction of sp³-hybridized carbons (Fsp3) is 0. The molecule has 0 fully saturated rings. The maximum atomic E-state index is 0. The number of hydrogen-bond donors (Lipinski definition) is 0. The van der Waals surface area contributed by atoms with Crippen molar-refractivity contribution in [3.05, 3.63) is 0 Å². The molecular formula is Ce2LaO+7. The Morgan fingerprint density at radius 2 is 0.750 bits per heavy atom. The van der Waals surface area contributed by atoms with Crippen LogP contribution < -0.4 is 0 Å². The van der Waals surface area contributed by atoms with E-state index in [1.807, 2.05) is 0 Å². The molecule has 0 aliphatic carbocycles. The van der Waals surface area contributed by atoms with Gasteiger partial charge in [0.05, 0.1) is 0 Å². The largest absolute Gasteiger partial charge is 3.00 e. The molecule has 0 aromatic heterocycles. The predicted octanol–water partition coefficient (Wildman–Crippen LogP) is -0.119. The van der Waals surface area contributed by atoms with Gasteiger partial charge in [0.2, 0.25) is 0 Å². The fourth-order valence-corrected chi connectivity index (χ4v) is 0. The third-order valence-electron chi connectivity index (χ3n) is 0. The van der Waals surface area contributed by atoms with Gasteiger partial charge in [-0.1, -0.05) is 0 Å². The van der Waals surface area contributed by atoms with Crippen LogP contribution in [0, 0.1) is 119 Å². The molecule has 0 saturated heterocycles. The molecule has 0 bridgehead atoms. The summed E-state index contributed by atoms with van der Waals surface area (Å²) < 4.78 is 0. The van der Waals surface area contributed by atoms with Gasteiger partial charge >= 0.3 is 119 Å². The summed E-state index contributed by atoms with van der Waals surface area (Å²) in [6.07, 6.45) is 0. The van der Waals surface area contributed by atoms with Crippen molar-refractivity contribution in [2.45, 2.75) is 0 Å². The molecule has 0 unspecified atom stereocenters. The molecule has 0 aliphatic rings. The molecule has 0 spiro atoms. The smallest absolute Gasteiger partial charge is 2.00 e. The van der Waals surface area contributed by atoms with Crippen LogP contribution >= 0.6 is 0 Å². The zero-order valence-corrected chi connectivity index (χ0v) is 11.9. The summed E-state index contributed by atoms with van der Waals surface area (Å²) in [6.45, 7) is 0. The molecule has 0 N–H and O–H groups in total. The quantitative estimate of drug-likeness (QED) is 0.508. The van der Waals surface area contributed by atoms with Crippen LogP contribution in [-0.2, 0) is 5.48 Å². The van der Waals surface area contributed by atoms with Crippen LogP contribution in [0.1, 0.15) is 0 Å². The van der Waals surface area contributed by atoms with Crippen molar-refractivity contribution in [3.63, 3.8) is 0 Å².